The van der Waals surface area contributed by atoms with Crippen molar-refractivity contribution in [2.24, 2.45) is 17.3 Å². The number of hydrogen-bond donors (Lipinski definition) is 0. The van der Waals surface area contributed by atoms with Gasteiger partial charge in [-0.1, -0.05) is 25.5 Å². The predicted molar refractivity (Wildman–Crippen MR) is 53.4 cm³/mol. The lowest BCUT2D eigenvalue weighted by Crippen LogP contribution is -2.34. The number of allylic oxidation sites excluding steroid dienone is 2. The maximum atomic E-state index is 11.7. The summed E-state index contributed by atoms with van der Waals surface area (Å²) >= 11 is 0. The van der Waals surface area contributed by atoms with Gasteiger partial charge in [0.25, 0.3) is 0 Å². The molecular formula is C12H18O. The van der Waals surface area contributed by atoms with E-state index in [4.69, 9.17) is 0 Å². The van der Waals surface area contributed by atoms with E-state index in [-0.39, 0.29) is 5.41 Å². The molecule has 0 unspecified atom stereocenters. The van der Waals surface area contributed by atoms with E-state index in [1.54, 1.807) is 0 Å². The van der Waals surface area contributed by atoms with E-state index in [0.717, 1.165) is 19.3 Å². The van der Waals surface area contributed by atoms with Crippen LogP contribution in [0.3, 0.4) is 0 Å². The van der Waals surface area contributed by atoms with Gasteiger partial charge in [0.15, 0.2) is 0 Å². The van der Waals surface area contributed by atoms with Crippen LogP contribution in [0, 0.1) is 17.3 Å². The number of Topliss-reactive ketones (excluding diaryl/α,β-unsaturated/α-hetero) is 1. The van der Waals surface area contributed by atoms with Gasteiger partial charge >= 0.3 is 0 Å². The van der Waals surface area contributed by atoms with Crippen molar-refractivity contribution in [1.29, 1.82) is 0 Å². The molecule has 0 bridgehead atoms. The van der Waals surface area contributed by atoms with Gasteiger partial charge in [0.2, 0.25) is 0 Å². The SMILES string of the molecule is CC1=CC[C@]2(C)CCC(=O)[C@@H]2[C@@H]1C. The molecule has 0 N–H and O–H groups in total. The van der Waals surface area contributed by atoms with Crippen molar-refractivity contribution in [3.05, 3.63) is 11.6 Å². The van der Waals surface area contributed by atoms with Crippen LogP contribution in [0.1, 0.15) is 40.0 Å². The van der Waals surface area contributed by atoms with E-state index in [0.29, 0.717) is 17.6 Å². The lowest BCUT2D eigenvalue weighted by Gasteiger charge is -2.38. The summed E-state index contributed by atoms with van der Waals surface area (Å²) in [5.41, 5.74) is 1.70. The van der Waals surface area contributed by atoms with Crippen molar-refractivity contribution in [2.75, 3.05) is 0 Å². The van der Waals surface area contributed by atoms with Gasteiger partial charge in [-0.15, -0.1) is 0 Å². The Bertz CT molecular complexity index is 277. The Labute approximate surface area is 80.2 Å². The molecule has 0 heterocycles. The summed E-state index contributed by atoms with van der Waals surface area (Å²) < 4.78 is 0. The van der Waals surface area contributed by atoms with Crippen molar-refractivity contribution in [3.63, 3.8) is 0 Å². The van der Waals surface area contributed by atoms with E-state index in [9.17, 15) is 4.79 Å². The van der Waals surface area contributed by atoms with Crippen LogP contribution in [0.15, 0.2) is 11.6 Å². The molecule has 13 heavy (non-hydrogen) atoms. The molecular weight excluding hydrogens is 160 g/mol. The zero-order valence-corrected chi connectivity index (χ0v) is 8.76. The van der Waals surface area contributed by atoms with E-state index in [1.807, 2.05) is 0 Å². The van der Waals surface area contributed by atoms with Gasteiger partial charge in [-0.3, -0.25) is 4.79 Å². The molecule has 1 fully saturated rings. The minimum Gasteiger partial charge on any atom is -0.299 e. The topological polar surface area (TPSA) is 17.1 Å². The Morgan fingerprint density at radius 2 is 2.23 bits per heavy atom. The average Bonchev–Trinajstić information content (AvgIpc) is 2.38. The smallest absolute Gasteiger partial charge is 0.137 e. The second kappa shape index (κ2) is 2.70. The van der Waals surface area contributed by atoms with E-state index in [1.165, 1.54) is 5.57 Å². The Balaban J connectivity index is 2.37. The fraction of sp³-hybridized carbons (Fsp3) is 0.750. The number of carbonyl (C=O) groups is 1. The number of rotatable bonds is 0. The zero-order chi connectivity index (χ0) is 9.64. The van der Waals surface area contributed by atoms with Crippen molar-refractivity contribution < 1.29 is 4.79 Å². The standard InChI is InChI=1S/C12H18O/c1-8-4-6-12(3)7-5-10(13)11(12)9(8)2/h4,9,11H,5-7H2,1-3H3/t9-,11+,12-/m1/s1. The highest BCUT2D eigenvalue weighted by Gasteiger charge is 2.48. The van der Waals surface area contributed by atoms with Crippen LogP contribution in [0.4, 0.5) is 0 Å². The second-order valence-electron chi connectivity index (χ2n) is 5.04. The number of fused-ring (bicyclic) bond motifs is 1. The van der Waals surface area contributed by atoms with Crippen LogP contribution in [-0.4, -0.2) is 5.78 Å². The van der Waals surface area contributed by atoms with Crippen LogP contribution in [0.5, 0.6) is 0 Å². The van der Waals surface area contributed by atoms with Gasteiger partial charge in [-0.25, -0.2) is 0 Å². The summed E-state index contributed by atoms with van der Waals surface area (Å²) in [7, 11) is 0. The lowest BCUT2D eigenvalue weighted by atomic mass is 9.65. The molecule has 1 nitrogen and oxygen atoms in total. The van der Waals surface area contributed by atoms with Crippen molar-refractivity contribution in [3.8, 4) is 0 Å². The third kappa shape index (κ3) is 1.17. The fourth-order valence-electron chi connectivity index (χ4n) is 3.06. The van der Waals surface area contributed by atoms with Crippen molar-refractivity contribution in [2.45, 2.75) is 40.0 Å². The third-order valence-electron chi connectivity index (χ3n) is 4.15. The van der Waals surface area contributed by atoms with Gasteiger partial charge in [-0.05, 0) is 31.1 Å². The molecule has 1 saturated carbocycles. The molecule has 1 heteroatoms. The van der Waals surface area contributed by atoms with Gasteiger partial charge in [-0.2, -0.15) is 0 Å². The molecule has 72 valence electrons. The van der Waals surface area contributed by atoms with Crippen molar-refractivity contribution in [1.82, 2.24) is 0 Å². The Hall–Kier alpha value is -0.590. The number of hydrogen-bond acceptors (Lipinski definition) is 1. The minimum atomic E-state index is 0.288. The molecule has 0 aliphatic heterocycles. The second-order valence-corrected chi connectivity index (χ2v) is 5.04. The van der Waals surface area contributed by atoms with Crippen LogP contribution in [-0.2, 0) is 4.79 Å². The van der Waals surface area contributed by atoms with Crippen LogP contribution < -0.4 is 0 Å². The summed E-state index contributed by atoms with van der Waals surface area (Å²) in [6, 6.07) is 0. The highest BCUT2D eigenvalue weighted by molar-refractivity contribution is 5.85. The molecule has 2 rings (SSSR count). The van der Waals surface area contributed by atoms with Crippen LogP contribution in [0.2, 0.25) is 0 Å². The van der Waals surface area contributed by atoms with E-state index < -0.39 is 0 Å². The molecule has 2 aliphatic rings. The van der Waals surface area contributed by atoms with Crippen LogP contribution in [0.25, 0.3) is 0 Å². The Kier molecular flexibility index (Phi) is 1.86. The first-order valence-corrected chi connectivity index (χ1v) is 5.24. The summed E-state index contributed by atoms with van der Waals surface area (Å²) in [6.45, 7) is 6.65. The normalized spacial score (nSPS) is 44.5. The first-order valence-electron chi connectivity index (χ1n) is 5.24. The Morgan fingerprint density at radius 1 is 1.54 bits per heavy atom. The summed E-state index contributed by atoms with van der Waals surface area (Å²) in [6.07, 6.45) is 5.36. The highest BCUT2D eigenvalue weighted by Crippen LogP contribution is 2.51. The van der Waals surface area contributed by atoms with Crippen molar-refractivity contribution >= 4 is 5.78 Å². The molecule has 0 aromatic carbocycles. The van der Waals surface area contributed by atoms with Gasteiger partial charge in [0.05, 0.1) is 0 Å². The third-order valence-corrected chi connectivity index (χ3v) is 4.15. The van der Waals surface area contributed by atoms with Gasteiger partial charge in [0.1, 0.15) is 5.78 Å². The molecule has 0 aromatic rings. The first-order chi connectivity index (χ1) is 6.04. The van der Waals surface area contributed by atoms with E-state index >= 15 is 0 Å². The van der Waals surface area contributed by atoms with Gasteiger partial charge < -0.3 is 0 Å². The quantitative estimate of drug-likeness (QED) is 0.521. The molecule has 0 spiro atoms. The maximum absolute atomic E-state index is 11.7. The lowest BCUT2D eigenvalue weighted by molar-refractivity contribution is -0.123. The van der Waals surface area contributed by atoms with Crippen LogP contribution >= 0.6 is 0 Å². The summed E-state index contributed by atoms with van der Waals surface area (Å²) in [5.74, 6) is 1.30. The summed E-state index contributed by atoms with van der Waals surface area (Å²) in [5, 5.41) is 0. The molecule has 0 radical (unpaired) electrons. The molecule has 0 aromatic heterocycles. The first kappa shape index (κ1) is 8.98. The monoisotopic (exact) mass is 178 g/mol. The average molecular weight is 178 g/mol. The molecule has 0 saturated heterocycles. The largest absolute Gasteiger partial charge is 0.299 e. The minimum absolute atomic E-state index is 0.288. The predicted octanol–water partition coefficient (Wildman–Crippen LogP) is 2.96. The number of carbonyl (C=O) groups excluding carboxylic acids is 1. The Morgan fingerprint density at radius 3 is 2.92 bits per heavy atom. The molecule has 2 aliphatic carbocycles. The zero-order valence-electron chi connectivity index (χ0n) is 8.76. The molecule has 3 atom stereocenters. The molecule has 0 amide bonds. The number of ketones is 1. The highest BCUT2D eigenvalue weighted by atomic mass is 16.1. The fourth-order valence-corrected chi connectivity index (χ4v) is 3.06. The van der Waals surface area contributed by atoms with E-state index in [2.05, 4.69) is 26.8 Å². The summed E-state index contributed by atoms with van der Waals surface area (Å²) in [4.78, 5) is 11.7. The maximum Gasteiger partial charge on any atom is 0.137 e. The van der Waals surface area contributed by atoms with Gasteiger partial charge in [0, 0.05) is 12.3 Å².